The van der Waals surface area contributed by atoms with Crippen LogP contribution in [0, 0.1) is 12.7 Å². The van der Waals surface area contributed by atoms with Crippen LogP contribution in [0.4, 0.5) is 4.39 Å². The summed E-state index contributed by atoms with van der Waals surface area (Å²) >= 11 is 0. The van der Waals surface area contributed by atoms with Crippen LogP contribution in [0.25, 0.3) is 0 Å². The molecule has 0 unspecified atom stereocenters. The number of rotatable bonds is 2. The molecular formula is C11H16FN3. The van der Waals surface area contributed by atoms with Crippen molar-refractivity contribution in [3.05, 3.63) is 35.1 Å². The first-order chi connectivity index (χ1) is 7.06. The molecule has 0 saturated carbocycles. The number of halogens is 1. The second-order valence-electron chi connectivity index (χ2n) is 3.65. The molecule has 0 aliphatic rings. The number of nitrogens with one attached hydrogen (secondary N) is 1. The van der Waals surface area contributed by atoms with Gasteiger partial charge in [0.25, 0.3) is 0 Å². The molecule has 0 aromatic heterocycles. The van der Waals surface area contributed by atoms with Gasteiger partial charge in [-0.2, -0.15) is 0 Å². The highest BCUT2D eigenvalue weighted by Crippen LogP contribution is 2.12. The molecule has 15 heavy (non-hydrogen) atoms. The first-order valence-corrected chi connectivity index (χ1v) is 4.86. The summed E-state index contributed by atoms with van der Waals surface area (Å²) in [7, 11) is 0. The predicted octanol–water partition coefficient (Wildman–Crippen LogP) is 1.75. The molecule has 4 heteroatoms. The van der Waals surface area contributed by atoms with Crippen LogP contribution in [-0.2, 0) is 0 Å². The lowest BCUT2D eigenvalue weighted by atomic mass is 10.1. The van der Waals surface area contributed by atoms with Crippen molar-refractivity contribution in [1.82, 2.24) is 5.43 Å². The summed E-state index contributed by atoms with van der Waals surface area (Å²) in [5.74, 6) is 5.42. The van der Waals surface area contributed by atoms with Gasteiger partial charge in [-0.1, -0.05) is 12.1 Å². The van der Waals surface area contributed by atoms with Gasteiger partial charge in [0.1, 0.15) is 11.7 Å². The fourth-order valence-electron chi connectivity index (χ4n) is 1.27. The van der Waals surface area contributed by atoms with Gasteiger partial charge in [0.15, 0.2) is 0 Å². The van der Waals surface area contributed by atoms with Crippen molar-refractivity contribution in [3.8, 4) is 0 Å². The molecule has 0 atom stereocenters. The highest BCUT2D eigenvalue weighted by Gasteiger charge is 2.10. The molecule has 0 radical (unpaired) electrons. The molecule has 3 N–H and O–H groups in total. The van der Waals surface area contributed by atoms with Crippen LogP contribution in [-0.4, -0.2) is 11.9 Å². The first-order valence-electron chi connectivity index (χ1n) is 4.86. The Kier molecular flexibility index (Phi) is 3.80. The van der Waals surface area contributed by atoms with Crippen molar-refractivity contribution in [2.24, 2.45) is 10.8 Å². The van der Waals surface area contributed by atoms with Gasteiger partial charge < -0.3 is 5.43 Å². The average Bonchev–Trinajstić information content (AvgIpc) is 2.19. The second-order valence-corrected chi connectivity index (χ2v) is 3.65. The fraction of sp³-hybridized carbons (Fsp3) is 0.364. The minimum atomic E-state index is -0.283. The van der Waals surface area contributed by atoms with Gasteiger partial charge in [0.2, 0.25) is 0 Å². The zero-order chi connectivity index (χ0) is 11.4. The third-order valence-corrected chi connectivity index (χ3v) is 1.97. The average molecular weight is 209 g/mol. The summed E-state index contributed by atoms with van der Waals surface area (Å²) in [6.07, 6.45) is 0. The molecule has 0 aliphatic heterocycles. The van der Waals surface area contributed by atoms with Crippen LogP contribution in [0.5, 0.6) is 0 Å². The molecule has 0 aliphatic carbocycles. The van der Waals surface area contributed by atoms with Gasteiger partial charge in [0.05, 0.1) is 5.56 Å². The van der Waals surface area contributed by atoms with E-state index in [1.165, 1.54) is 0 Å². The maximum absolute atomic E-state index is 13.7. The van der Waals surface area contributed by atoms with Crippen molar-refractivity contribution >= 4 is 5.84 Å². The Bertz CT molecular complexity index is 372. The summed E-state index contributed by atoms with van der Waals surface area (Å²) in [4.78, 5) is 4.21. The Balaban J connectivity index is 3.19. The number of aryl methyl sites for hydroxylation is 1. The minimum Gasteiger partial charge on any atom is -0.308 e. The van der Waals surface area contributed by atoms with E-state index in [9.17, 15) is 4.39 Å². The summed E-state index contributed by atoms with van der Waals surface area (Å²) in [6.45, 7) is 5.53. The first kappa shape index (κ1) is 11.7. The monoisotopic (exact) mass is 209 g/mol. The van der Waals surface area contributed by atoms with Gasteiger partial charge in [-0.25, -0.2) is 10.2 Å². The zero-order valence-electron chi connectivity index (χ0n) is 9.21. The van der Waals surface area contributed by atoms with Crippen molar-refractivity contribution in [3.63, 3.8) is 0 Å². The number of hydrogen-bond acceptors (Lipinski definition) is 2. The number of nitrogens with zero attached hydrogens (tertiary/aromatic N) is 1. The van der Waals surface area contributed by atoms with E-state index in [4.69, 9.17) is 5.84 Å². The number of aliphatic imine (C=N–C) groups is 1. The van der Waals surface area contributed by atoms with Crippen LogP contribution < -0.4 is 11.3 Å². The SMILES string of the molecule is Cc1cccc(C(=NC(C)C)NN)c1F. The number of hydrogen-bond donors (Lipinski definition) is 2. The van der Waals surface area contributed by atoms with Gasteiger partial charge in [-0.3, -0.25) is 4.99 Å². The maximum atomic E-state index is 13.7. The Morgan fingerprint density at radius 3 is 2.67 bits per heavy atom. The third kappa shape index (κ3) is 2.76. The Hall–Kier alpha value is -1.42. The molecule has 0 saturated heterocycles. The largest absolute Gasteiger partial charge is 0.308 e. The molecule has 0 spiro atoms. The smallest absolute Gasteiger partial charge is 0.145 e. The van der Waals surface area contributed by atoms with Crippen molar-refractivity contribution in [1.29, 1.82) is 0 Å². The van der Waals surface area contributed by atoms with E-state index in [-0.39, 0.29) is 11.9 Å². The van der Waals surface area contributed by atoms with Crippen molar-refractivity contribution in [2.45, 2.75) is 26.8 Å². The number of hydrazine groups is 1. The predicted molar refractivity (Wildman–Crippen MR) is 60.1 cm³/mol. The Morgan fingerprint density at radius 1 is 1.47 bits per heavy atom. The van der Waals surface area contributed by atoms with E-state index >= 15 is 0 Å². The number of nitrogens with two attached hydrogens (primary N) is 1. The Labute approximate surface area is 89.2 Å². The zero-order valence-corrected chi connectivity index (χ0v) is 9.21. The summed E-state index contributed by atoms with van der Waals surface area (Å²) in [5.41, 5.74) is 3.42. The maximum Gasteiger partial charge on any atom is 0.145 e. The highest BCUT2D eigenvalue weighted by atomic mass is 19.1. The summed E-state index contributed by atoms with van der Waals surface area (Å²) in [5, 5.41) is 0. The fourth-order valence-corrected chi connectivity index (χ4v) is 1.27. The van der Waals surface area contributed by atoms with Gasteiger partial charge in [0, 0.05) is 6.04 Å². The van der Waals surface area contributed by atoms with E-state index in [1.807, 2.05) is 13.8 Å². The molecule has 0 heterocycles. The molecule has 82 valence electrons. The summed E-state index contributed by atoms with van der Waals surface area (Å²) in [6, 6.07) is 5.21. The van der Waals surface area contributed by atoms with Crippen LogP contribution in [0.1, 0.15) is 25.0 Å². The minimum absolute atomic E-state index is 0.0657. The standard InChI is InChI=1S/C11H16FN3/c1-7(2)14-11(15-13)9-6-4-5-8(3)10(9)12/h4-7H,13H2,1-3H3,(H,14,15). The lowest BCUT2D eigenvalue weighted by molar-refractivity contribution is 0.614. The van der Waals surface area contributed by atoms with Crippen molar-refractivity contribution < 1.29 is 4.39 Å². The highest BCUT2D eigenvalue weighted by molar-refractivity contribution is 5.98. The molecule has 0 amide bonds. The van der Waals surface area contributed by atoms with E-state index in [1.54, 1.807) is 25.1 Å². The van der Waals surface area contributed by atoms with E-state index in [2.05, 4.69) is 10.4 Å². The van der Waals surface area contributed by atoms with Gasteiger partial charge >= 0.3 is 0 Å². The molecule has 0 bridgehead atoms. The quantitative estimate of drug-likeness (QED) is 0.337. The lowest BCUT2D eigenvalue weighted by Crippen LogP contribution is -2.32. The Morgan fingerprint density at radius 2 is 2.13 bits per heavy atom. The second kappa shape index (κ2) is 4.89. The topological polar surface area (TPSA) is 50.4 Å². The number of amidine groups is 1. The molecular weight excluding hydrogens is 193 g/mol. The van der Waals surface area contributed by atoms with Gasteiger partial charge in [-0.15, -0.1) is 0 Å². The van der Waals surface area contributed by atoms with Crippen molar-refractivity contribution in [2.75, 3.05) is 0 Å². The van der Waals surface area contributed by atoms with Crippen LogP contribution in [0.3, 0.4) is 0 Å². The molecule has 0 fully saturated rings. The number of benzene rings is 1. The summed E-state index contributed by atoms with van der Waals surface area (Å²) < 4.78 is 13.7. The van der Waals surface area contributed by atoms with E-state index in [0.717, 1.165) is 0 Å². The third-order valence-electron chi connectivity index (χ3n) is 1.97. The molecule has 1 rings (SSSR count). The molecule has 1 aromatic carbocycles. The normalized spacial score (nSPS) is 12.0. The van der Waals surface area contributed by atoms with Gasteiger partial charge in [-0.05, 0) is 32.4 Å². The van der Waals surface area contributed by atoms with E-state index in [0.29, 0.717) is 17.0 Å². The van der Waals surface area contributed by atoms with E-state index < -0.39 is 0 Å². The molecule has 1 aromatic rings. The van der Waals surface area contributed by atoms with Crippen LogP contribution in [0.15, 0.2) is 23.2 Å². The van der Waals surface area contributed by atoms with Crippen LogP contribution >= 0.6 is 0 Å². The lowest BCUT2D eigenvalue weighted by Gasteiger charge is -2.09. The molecule has 3 nitrogen and oxygen atoms in total. The van der Waals surface area contributed by atoms with Crippen LogP contribution in [0.2, 0.25) is 0 Å².